The summed E-state index contributed by atoms with van der Waals surface area (Å²) in [6.45, 7) is 1.41. The molecular formula is C17H17Cl2N5O2. The van der Waals surface area contributed by atoms with Crippen molar-refractivity contribution in [3.8, 4) is 5.75 Å². The Bertz CT molecular complexity index is 864. The van der Waals surface area contributed by atoms with E-state index >= 15 is 0 Å². The van der Waals surface area contributed by atoms with Crippen LogP contribution >= 0.6 is 23.2 Å². The van der Waals surface area contributed by atoms with E-state index in [1.807, 2.05) is 16.9 Å². The molecule has 2 aromatic heterocycles. The third-order valence-corrected chi connectivity index (χ3v) is 4.35. The van der Waals surface area contributed by atoms with Crippen LogP contribution in [0, 0.1) is 0 Å². The number of nitrogens with one attached hydrogen (secondary N) is 1. The van der Waals surface area contributed by atoms with E-state index in [2.05, 4.69) is 15.5 Å². The predicted octanol–water partition coefficient (Wildman–Crippen LogP) is 3.24. The number of aromatic nitrogens is 4. The van der Waals surface area contributed by atoms with Gasteiger partial charge < -0.3 is 10.1 Å². The molecule has 0 radical (unpaired) electrons. The molecule has 1 N–H and O–H groups in total. The lowest BCUT2D eigenvalue weighted by atomic mass is 10.3. The van der Waals surface area contributed by atoms with Crippen LogP contribution in [0.2, 0.25) is 10.0 Å². The van der Waals surface area contributed by atoms with Crippen molar-refractivity contribution in [1.29, 1.82) is 0 Å². The van der Waals surface area contributed by atoms with E-state index in [1.54, 1.807) is 36.7 Å². The third-order valence-electron chi connectivity index (χ3n) is 3.55. The SMILES string of the molecule is O=C(NCCCn1cccn1)c1ccn(COc2cccc(Cl)c2Cl)n1. The minimum atomic E-state index is -0.231. The molecule has 0 spiro atoms. The number of carbonyl (C=O) groups excluding carboxylic acids is 1. The Labute approximate surface area is 160 Å². The Balaban J connectivity index is 1.46. The fourth-order valence-electron chi connectivity index (χ4n) is 2.25. The van der Waals surface area contributed by atoms with Crippen molar-refractivity contribution in [3.63, 3.8) is 0 Å². The number of nitrogens with zero attached hydrogens (tertiary/aromatic N) is 4. The molecule has 0 saturated carbocycles. The van der Waals surface area contributed by atoms with Crippen molar-refractivity contribution < 1.29 is 9.53 Å². The molecule has 0 atom stereocenters. The van der Waals surface area contributed by atoms with Gasteiger partial charge in [0.2, 0.25) is 0 Å². The van der Waals surface area contributed by atoms with Gasteiger partial charge in [0.15, 0.2) is 6.73 Å². The van der Waals surface area contributed by atoms with Crippen molar-refractivity contribution in [3.05, 3.63) is 64.7 Å². The van der Waals surface area contributed by atoms with Crippen molar-refractivity contribution in [2.24, 2.45) is 0 Å². The highest BCUT2D eigenvalue weighted by atomic mass is 35.5. The summed E-state index contributed by atoms with van der Waals surface area (Å²) in [4.78, 5) is 12.1. The number of hydrogen-bond donors (Lipinski definition) is 1. The van der Waals surface area contributed by atoms with Crippen LogP contribution in [-0.4, -0.2) is 32.0 Å². The lowest BCUT2D eigenvalue weighted by Crippen LogP contribution is -2.26. The Morgan fingerprint density at radius 1 is 1.15 bits per heavy atom. The van der Waals surface area contributed by atoms with E-state index in [0.717, 1.165) is 13.0 Å². The second-order valence-corrected chi connectivity index (χ2v) is 6.23. The standard InChI is InChI=1S/C17H17Cl2N5O2/c18-13-4-1-5-15(16(13)19)26-12-24-11-6-14(22-24)17(25)20-7-2-9-23-10-3-8-21-23/h1,3-6,8,10-11H,2,7,9,12H2,(H,20,25). The second-order valence-electron chi connectivity index (χ2n) is 5.44. The number of aryl methyl sites for hydroxylation is 1. The Kier molecular flexibility index (Phi) is 6.14. The van der Waals surface area contributed by atoms with Crippen molar-refractivity contribution >= 4 is 29.1 Å². The van der Waals surface area contributed by atoms with Crippen LogP contribution in [0.25, 0.3) is 0 Å². The summed E-state index contributed by atoms with van der Waals surface area (Å²) in [5.74, 6) is 0.226. The Morgan fingerprint density at radius 2 is 2.04 bits per heavy atom. The zero-order chi connectivity index (χ0) is 18.4. The first-order chi connectivity index (χ1) is 12.6. The zero-order valence-electron chi connectivity index (χ0n) is 13.8. The lowest BCUT2D eigenvalue weighted by Gasteiger charge is -2.08. The topological polar surface area (TPSA) is 74.0 Å². The van der Waals surface area contributed by atoms with Crippen LogP contribution in [-0.2, 0) is 13.3 Å². The molecule has 3 rings (SSSR count). The van der Waals surface area contributed by atoms with Crippen molar-refractivity contribution in [2.75, 3.05) is 6.54 Å². The number of benzene rings is 1. The van der Waals surface area contributed by atoms with Crippen molar-refractivity contribution in [1.82, 2.24) is 24.9 Å². The van der Waals surface area contributed by atoms with Crippen molar-refractivity contribution in [2.45, 2.75) is 19.7 Å². The number of amides is 1. The lowest BCUT2D eigenvalue weighted by molar-refractivity contribution is 0.0945. The van der Waals surface area contributed by atoms with Gasteiger partial charge in [0.05, 0.1) is 5.02 Å². The first-order valence-corrected chi connectivity index (χ1v) is 8.75. The third kappa shape index (κ3) is 4.77. The first kappa shape index (κ1) is 18.3. The van der Waals surface area contributed by atoms with Gasteiger partial charge in [-0.2, -0.15) is 10.2 Å². The minimum Gasteiger partial charge on any atom is -0.470 e. The van der Waals surface area contributed by atoms with Gasteiger partial charge in [0.25, 0.3) is 5.91 Å². The van der Waals surface area contributed by atoms with E-state index in [1.165, 1.54) is 4.68 Å². The molecule has 1 amide bonds. The summed E-state index contributed by atoms with van der Waals surface area (Å²) in [7, 11) is 0. The van der Waals surface area contributed by atoms with Gasteiger partial charge in [0.1, 0.15) is 16.5 Å². The van der Waals surface area contributed by atoms with Crippen LogP contribution < -0.4 is 10.1 Å². The number of carbonyl (C=O) groups is 1. The highest BCUT2D eigenvalue weighted by Gasteiger charge is 2.10. The molecule has 26 heavy (non-hydrogen) atoms. The summed E-state index contributed by atoms with van der Waals surface area (Å²) in [6, 6.07) is 8.63. The minimum absolute atomic E-state index is 0.118. The summed E-state index contributed by atoms with van der Waals surface area (Å²) in [5.41, 5.74) is 0.324. The predicted molar refractivity (Wildman–Crippen MR) is 98.5 cm³/mol. The molecule has 7 nitrogen and oxygen atoms in total. The number of halogens is 2. The van der Waals surface area contributed by atoms with E-state index in [0.29, 0.717) is 28.0 Å². The largest absolute Gasteiger partial charge is 0.470 e. The number of ether oxygens (including phenoxy) is 1. The molecule has 0 aliphatic heterocycles. The molecule has 0 fully saturated rings. The van der Waals surface area contributed by atoms with Gasteiger partial charge >= 0.3 is 0 Å². The van der Waals surface area contributed by atoms with Gasteiger partial charge in [-0.1, -0.05) is 29.3 Å². The maximum atomic E-state index is 12.1. The molecule has 2 heterocycles. The summed E-state index contributed by atoms with van der Waals surface area (Å²) in [5, 5.41) is 11.9. The summed E-state index contributed by atoms with van der Waals surface area (Å²) < 4.78 is 8.91. The van der Waals surface area contributed by atoms with Gasteiger partial charge in [-0.3, -0.25) is 9.48 Å². The van der Waals surface area contributed by atoms with Crippen LogP contribution in [0.3, 0.4) is 0 Å². The summed E-state index contributed by atoms with van der Waals surface area (Å²) in [6.07, 6.45) is 6.06. The maximum absolute atomic E-state index is 12.1. The molecule has 0 aliphatic carbocycles. The van der Waals surface area contributed by atoms with E-state index in [9.17, 15) is 4.79 Å². The molecule has 0 saturated heterocycles. The first-order valence-electron chi connectivity index (χ1n) is 7.99. The molecule has 9 heteroatoms. The molecule has 0 aliphatic rings. The van der Waals surface area contributed by atoms with E-state index in [4.69, 9.17) is 27.9 Å². The fourth-order valence-corrected chi connectivity index (χ4v) is 2.60. The second kappa shape index (κ2) is 8.73. The average Bonchev–Trinajstić information content (AvgIpc) is 3.31. The van der Waals surface area contributed by atoms with Gasteiger partial charge in [-0.15, -0.1) is 0 Å². The number of hydrogen-bond acceptors (Lipinski definition) is 4. The fraction of sp³-hybridized carbons (Fsp3) is 0.235. The molecule has 0 unspecified atom stereocenters. The van der Waals surface area contributed by atoms with E-state index in [-0.39, 0.29) is 12.6 Å². The quantitative estimate of drug-likeness (QED) is 0.596. The molecule has 136 valence electrons. The molecular weight excluding hydrogens is 377 g/mol. The highest BCUT2D eigenvalue weighted by molar-refractivity contribution is 6.42. The van der Waals surface area contributed by atoms with Gasteiger partial charge in [-0.25, -0.2) is 4.68 Å². The van der Waals surface area contributed by atoms with Crippen LogP contribution in [0.5, 0.6) is 5.75 Å². The highest BCUT2D eigenvalue weighted by Crippen LogP contribution is 2.31. The Hall–Kier alpha value is -2.51. The Morgan fingerprint density at radius 3 is 2.85 bits per heavy atom. The normalized spacial score (nSPS) is 10.7. The molecule has 1 aromatic carbocycles. The van der Waals surface area contributed by atoms with Crippen LogP contribution in [0.15, 0.2) is 48.9 Å². The van der Waals surface area contributed by atoms with Gasteiger partial charge in [-0.05, 0) is 30.7 Å². The monoisotopic (exact) mass is 393 g/mol. The smallest absolute Gasteiger partial charge is 0.271 e. The van der Waals surface area contributed by atoms with Crippen LogP contribution in [0.1, 0.15) is 16.9 Å². The molecule has 3 aromatic rings. The maximum Gasteiger partial charge on any atom is 0.271 e. The summed E-state index contributed by atoms with van der Waals surface area (Å²) >= 11 is 12.0. The van der Waals surface area contributed by atoms with Crippen LogP contribution in [0.4, 0.5) is 0 Å². The molecule has 0 bridgehead atoms. The average molecular weight is 394 g/mol. The number of rotatable bonds is 8. The van der Waals surface area contributed by atoms with Gasteiger partial charge in [0, 0.05) is 31.7 Å². The van der Waals surface area contributed by atoms with E-state index < -0.39 is 0 Å². The zero-order valence-corrected chi connectivity index (χ0v) is 15.3.